The van der Waals surface area contributed by atoms with Gasteiger partial charge in [-0.1, -0.05) is 32.3 Å². The van der Waals surface area contributed by atoms with Crippen LogP contribution >= 0.6 is 8.20 Å². The van der Waals surface area contributed by atoms with Crippen LogP contribution < -0.4 is 0 Å². The van der Waals surface area contributed by atoms with Gasteiger partial charge in [0.2, 0.25) is 0 Å². The quantitative estimate of drug-likeness (QED) is 0.435. The third kappa shape index (κ3) is 3.20. The zero-order valence-electron chi connectivity index (χ0n) is 7.93. The Morgan fingerprint density at radius 3 is 2.00 bits per heavy atom. The van der Waals surface area contributed by atoms with E-state index in [4.69, 9.17) is 0 Å². The summed E-state index contributed by atoms with van der Waals surface area (Å²) in [7, 11) is 1.27. The fourth-order valence-electron chi connectivity index (χ4n) is 1.49. The first-order valence-corrected chi connectivity index (χ1v) is 5.43. The van der Waals surface area contributed by atoms with Crippen LogP contribution in [0.3, 0.4) is 0 Å². The minimum absolute atomic E-state index is 0.680. The van der Waals surface area contributed by atoms with Crippen molar-refractivity contribution in [2.45, 2.75) is 39.3 Å². The van der Waals surface area contributed by atoms with Gasteiger partial charge in [0, 0.05) is 5.66 Å². The highest BCUT2D eigenvalue weighted by molar-refractivity contribution is 7.37. The molecule has 0 amide bonds. The molecule has 0 radical (unpaired) electrons. The molecule has 2 unspecified atom stereocenters. The molecule has 0 aromatic heterocycles. The Morgan fingerprint density at radius 2 is 1.91 bits per heavy atom. The van der Waals surface area contributed by atoms with Crippen LogP contribution in [-0.4, -0.2) is 12.0 Å². The summed E-state index contributed by atoms with van der Waals surface area (Å²) in [4.78, 5) is 0. The van der Waals surface area contributed by atoms with Gasteiger partial charge in [-0.3, -0.25) is 0 Å². The normalized spacial score (nSPS) is 16.3. The Morgan fingerprint density at radius 1 is 1.36 bits per heavy atom. The van der Waals surface area contributed by atoms with E-state index in [9.17, 15) is 0 Å². The third-order valence-corrected chi connectivity index (χ3v) is 3.38. The van der Waals surface area contributed by atoms with Crippen LogP contribution in [-0.2, 0) is 0 Å². The van der Waals surface area contributed by atoms with Crippen LogP contribution in [0.1, 0.15) is 33.6 Å². The average Bonchev–Trinajstić information content (AvgIpc) is 1.99. The summed E-state index contributed by atoms with van der Waals surface area (Å²) in [6.07, 6.45) is 6.36. The molecule has 0 bridgehead atoms. The highest BCUT2D eigenvalue weighted by Crippen LogP contribution is 2.28. The molecule has 1 heteroatoms. The van der Waals surface area contributed by atoms with Crippen LogP contribution in [0, 0.1) is 5.92 Å². The average molecular weight is 170 g/mol. The molecule has 11 heavy (non-hydrogen) atoms. The van der Waals surface area contributed by atoms with Crippen LogP contribution in [0.2, 0.25) is 0 Å². The van der Waals surface area contributed by atoms with Gasteiger partial charge in [0.05, 0.1) is 0 Å². The summed E-state index contributed by atoms with van der Waals surface area (Å²) >= 11 is 0. The second-order valence-electron chi connectivity index (χ2n) is 3.02. The minimum Gasteiger partial charge on any atom is -0.108 e. The van der Waals surface area contributed by atoms with Crippen molar-refractivity contribution in [1.29, 1.82) is 0 Å². The van der Waals surface area contributed by atoms with E-state index in [1.54, 1.807) is 0 Å². The van der Waals surface area contributed by atoms with E-state index < -0.39 is 0 Å². The summed E-state index contributed by atoms with van der Waals surface area (Å²) in [6, 6.07) is 0. The number of allylic oxidation sites excluding steroid dienone is 1. The third-order valence-electron chi connectivity index (χ3n) is 2.19. The lowest BCUT2D eigenvalue weighted by molar-refractivity contribution is 0.550. The zero-order valence-corrected chi connectivity index (χ0v) is 8.82. The van der Waals surface area contributed by atoms with Gasteiger partial charge in [-0.05, 0) is 25.7 Å². The second kappa shape index (κ2) is 5.55. The molecular formula is C10H19P. The Bertz CT molecular complexity index is 138. The van der Waals surface area contributed by atoms with E-state index in [2.05, 4.69) is 33.6 Å². The van der Waals surface area contributed by atoms with E-state index in [-0.39, 0.29) is 0 Å². The van der Waals surface area contributed by atoms with Gasteiger partial charge in [0.15, 0.2) is 0 Å². The van der Waals surface area contributed by atoms with Gasteiger partial charge >= 0.3 is 0 Å². The molecule has 0 N–H and O–H groups in total. The molecule has 0 saturated heterocycles. The molecule has 0 aromatic rings. The Balaban J connectivity index is 4.20. The van der Waals surface area contributed by atoms with E-state index in [0.717, 1.165) is 5.66 Å². The van der Waals surface area contributed by atoms with Crippen molar-refractivity contribution in [3.63, 3.8) is 0 Å². The monoisotopic (exact) mass is 170 g/mol. The van der Waals surface area contributed by atoms with E-state index in [1.165, 1.54) is 26.6 Å². The van der Waals surface area contributed by atoms with Crippen molar-refractivity contribution in [3.8, 4) is 0 Å². The summed E-state index contributed by atoms with van der Waals surface area (Å²) in [5.74, 6) is 0.680. The predicted octanol–water partition coefficient (Wildman–Crippen LogP) is 3.75. The van der Waals surface area contributed by atoms with Crippen molar-refractivity contribution in [2.24, 2.45) is 5.92 Å². The lowest BCUT2D eigenvalue weighted by Crippen LogP contribution is -2.13. The fourth-order valence-corrected chi connectivity index (χ4v) is 2.47. The van der Waals surface area contributed by atoms with Crippen LogP contribution in [0.5, 0.6) is 0 Å². The maximum absolute atomic E-state index is 4.01. The Hall–Kier alpha value is -0.0900. The number of rotatable bonds is 5. The molecule has 0 heterocycles. The first-order valence-electron chi connectivity index (χ1n) is 4.28. The molecule has 0 aliphatic rings. The lowest BCUT2D eigenvalue weighted by atomic mass is 9.93. The molecule has 0 aromatic carbocycles. The van der Waals surface area contributed by atoms with Crippen molar-refractivity contribution >= 4 is 14.5 Å². The van der Waals surface area contributed by atoms with E-state index in [1.807, 2.05) is 0 Å². The predicted molar refractivity (Wildman–Crippen MR) is 56.7 cm³/mol. The van der Waals surface area contributed by atoms with Crippen molar-refractivity contribution in [2.75, 3.05) is 0 Å². The van der Waals surface area contributed by atoms with Gasteiger partial charge in [0.1, 0.15) is 0 Å². The maximum Gasteiger partial charge on any atom is 0.00657 e. The van der Waals surface area contributed by atoms with Crippen LogP contribution in [0.4, 0.5) is 0 Å². The highest BCUT2D eigenvalue weighted by atomic mass is 31.1. The Kier molecular flexibility index (Phi) is 5.50. The van der Waals surface area contributed by atoms with Gasteiger partial charge in [-0.25, -0.2) is 0 Å². The number of hydrogen-bond donors (Lipinski definition) is 0. The Labute approximate surface area is 72.5 Å². The standard InChI is InChI=1S/C10H19P/c1-6-9(8(3)4)10(7-2)11-5/h9-10H,3,5-7H2,1-2,4H3. The summed E-state index contributed by atoms with van der Waals surface area (Å²) in [6.45, 7) is 10.6. The summed E-state index contributed by atoms with van der Waals surface area (Å²) < 4.78 is 0. The largest absolute Gasteiger partial charge is 0.108 e. The molecule has 2 atom stereocenters. The molecule has 0 spiro atoms. The topological polar surface area (TPSA) is 0 Å². The molecule has 0 fully saturated rings. The first-order chi connectivity index (χ1) is 5.17. The van der Waals surface area contributed by atoms with Crippen LogP contribution in [0.15, 0.2) is 12.2 Å². The minimum atomic E-state index is 0.680. The number of hydrogen-bond acceptors (Lipinski definition) is 0. The van der Waals surface area contributed by atoms with Crippen molar-refractivity contribution in [1.82, 2.24) is 0 Å². The highest BCUT2D eigenvalue weighted by Gasteiger charge is 2.15. The zero-order chi connectivity index (χ0) is 8.85. The summed E-state index contributed by atoms with van der Waals surface area (Å²) in [5.41, 5.74) is 2.04. The molecule has 0 rings (SSSR count). The van der Waals surface area contributed by atoms with Crippen LogP contribution in [0.25, 0.3) is 0 Å². The first kappa shape index (κ1) is 10.9. The summed E-state index contributed by atoms with van der Waals surface area (Å²) in [5, 5.41) is 0. The SMILES string of the molecule is C=PC(CC)C(CC)C(=C)C. The molecule has 0 aliphatic carbocycles. The van der Waals surface area contributed by atoms with Gasteiger partial charge in [-0.15, -0.1) is 8.20 Å². The molecule has 0 aliphatic heterocycles. The van der Waals surface area contributed by atoms with E-state index in [0.29, 0.717) is 5.92 Å². The maximum atomic E-state index is 4.01. The van der Waals surface area contributed by atoms with Gasteiger partial charge in [0.25, 0.3) is 0 Å². The molecular weight excluding hydrogens is 151 g/mol. The van der Waals surface area contributed by atoms with Crippen molar-refractivity contribution < 1.29 is 0 Å². The van der Waals surface area contributed by atoms with Crippen molar-refractivity contribution in [3.05, 3.63) is 12.2 Å². The van der Waals surface area contributed by atoms with Gasteiger partial charge in [-0.2, -0.15) is 0 Å². The molecule has 0 nitrogen and oxygen atoms in total. The smallest absolute Gasteiger partial charge is 0.00657 e. The molecule has 0 saturated carbocycles. The second-order valence-corrected chi connectivity index (χ2v) is 4.05. The van der Waals surface area contributed by atoms with E-state index >= 15 is 0 Å². The fraction of sp³-hybridized carbons (Fsp3) is 0.700. The lowest BCUT2D eigenvalue weighted by Gasteiger charge is -2.21. The molecule has 64 valence electrons. The van der Waals surface area contributed by atoms with Gasteiger partial charge < -0.3 is 0 Å².